The molecule has 0 aliphatic heterocycles. The molecule has 2 heterocycles. The Bertz CT molecular complexity index is 1390. The first kappa shape index (κ1) is 22.5. The van der Waals surface area contributed by atoms with Gasteiger partial charge in [-0.3, -0.25) is 4.90 Å². The van der Waals surface area contributed by atoms with E-state index in [1.165, 1.54) is 5.39 Å². The summed E-state index contributed by atoms with van der Waals surface area (Å²) in [6.45, 7) is 2.70. The lowest BCUT2D eigenvalue weighted by Gasteiger charge is -2.27. The molecule has 176 valence electrons. The fourth-order valence-electron chi connectivity index (χ4n) is 4.29. The van der Waals surface area contributed by atoms with Crippen molar-refractivity contribution in [1.29, 1.82) is 0 Å². The number of hydrogen-bond donors (Lipinski definition) is 2. The number of fused-ring (bicyclic) bond motifs is 1. The van der Waals surface area contributed by atoms with Crippen LogP contribution in [0.2, 0.25) is 0 Å². The van der Waals surface area contributed by atoms with E-state index >= 15 is 0 Å². The Kier molecular flexibility index (Phi) is 6.61. The third-order valence-electron chi connectivity index (χ3n) is 6.28. The van der Waals surface area contributed by atoms with Crippen LogP contribution in [0.4, 0.5) is 4.79 Å². The van der Waals surface area contributed by atoms with Crippen LogP contribution in [-0.2, 0) is 17.8 Å². The van der Waals surface area contributed by atoms with Crippen LogP contribution in [0.3, 0.4) is 0 Å². The van der Waals surface area contributed by atoms with Gasteiger partial charge in [0.15, 0.2) is 0 Å². The molecule has 35 heavy (non-hydrogen) atoms. The zero-order chi connectivity index (χ0) is 24.0. The molecule has 2 aromatic heterocycles. The third-order valence-corrected chi connectivity index (χ3v) is 6.28. The van der Waals surface area contributed by atoms with Gasteiger partial charge in [0.1, 0.15) is 12.4 Å². The van der Waals surface area contributed by atoms with E-state index < -0.39 is 0 Å². The predicted octanol–water partition coefficient (Wildman–Crippen LogP) is 6.50. The monoisotopic (exact) mass is 464 g/mol. The van der Waals surface area contributed by atoms with Gasteiger partial charge in [-0.05, 0) is 36.1 Å². The minimum absolute atomic E-state index is 0.226. The molecule has 0 radical (unpaired) electrons. The summed E-state index contributed by atoms with van der Waals surface area (Å²) in [5.41, 5.74) is 5.18. The lowest BCUT2D eigenvalue weighted by atomic mass is 10.1. The number of aromatic nitrogens is 3. The largest absolute Gasteiger partial charge is 0.445 e. The van der Waals surface area contributed by atoms with E-state index in [9.17, 15) is 4.79 Å². The number of nitrogens with zero attached hydrogens (tertiary/aromatic N) is 2. The number of H-pyrrole nitrogens is 2. The van der Waals surface area contributed by atoms with Crippen LogP contribution in [0.15, 0.2) is 97.3 Å². The maximum absolute atomic E-state index is 13.3. The smallest absolute Gasteiger partial charge is 0.410 e. The van der Waals surface area contributed by atoms with Gasteiger partial charge in [-0.15, -0.1) is 0 Å². The first-order valence-corrected chi connectivity index (χ1v) is 11.8. The summed E-state index contributed by atoms with van der Waals surface area (Å²) in [4.78, 5) is 26.3. The molecule has 0 bridgehead atoms. The van der Waals surface area contributed by atoms with Crippen LogP contribution in [0.1, 0.15) is 29.9 Å². The number of amides is 1. The third kappa shape index (κ3) is 5.11. The first-order valence-electron chi connectivity index (χ1n) is 11.8. The van der Waals surface area contributed by atoms with Crippen molar-refractivity contribution in [3.63, 3.8) is 0 Å². The van der Waals surface area contributed by atoms with E-state index in [-0.39, 0.29) is 18.7 Å². The quantitative estimate of drug-likeness (QED) is 0.275. The molecule has 6 nitrogen and oxygen atoms in total. The molecule has 2 N–H and O–H groups in total. The van der Waals surface area contributed by atoms with Crippen LogP contribution in [0.25, 0.3) is 22.2 Å². The Balaban J connectivity index is 1.36. The zero-order valence-corrected chi connectivity index (χ0v) is 19.6. The number of aromatic amines is 2. The maximum atomic E-state index is 13.3. The summed E-state index contributed by atoms with van der Waals surface area (Å²) in [7, 11) is 0. The molecular formula is C29H28N4O2. The van der Waals surface area contributed by atoms with Crippen molar-refractivity contribution in [1.82, 2.24) is 19.9 Å². The number of nitrogens with one attached hydrogen (secondary N) is 2. The number of hydrogen-bond acceptors (Lipinski definition) is 3. The molecule has 0 saturated carbocycles. The molecule has 1 amide bonds. The fourth-order valence-corrected chi connectivity index (χ4v) is 4.29. The molecule has 0 aliphatic rings. The highest BCUT2D eigenvalue weighted by Crippen LogP contribution is 2.25. The molecule has 3 aromatic carbocycles. The van der Waals surface area contributed by atoms with E-state index in [4.69, 9.17) is 4.74 Å². The Morgan fingerprint density at radius 1 is 0.971 bits per heavy atom. The molecule has 1 atom stereocenters. The van der Waals surface area contributed by atoms with Crippen LogP contribution in [-0.4, -0.2) is 32.5 Å². The molecule has 0 spiro atoms. The minimum atomic E-state index is -0.362. The Labute approximate surface area is 204 Å². The van der Waals surface area contributed by atoms with E-state index in [0.717, 1.165) is 33.7 Å². The first-order chi connectivity index (χ1) is 17.2. The van der Waals surface area contributed by atoms with Crippen LogP contribution in [0, 0.1) is 0 Å². The minimum Gasteiger partial charge on any atom is -0.445 e. The number of carbonyl (C=O) groups excluding carboxylic acids is 1. The second kappa shape index (κ2) is 10.3. The van der Waals surface area contributed by atoms with Crippen molar-refractivity contribution < 1.29 is 9.53 Å². The van der Waals surface area contributed by atoms with Crippen molar-refractivity contribution in [2.24, 2.45) is 0 Å². The fraction of sp³-hybridized carbons (Fsp3) is 0.172. The summed E-state index contributed by atoms with van der Waals surface area (Å²) in [5, 5.41) is 1.17. The molecular weight excluding hydrogens is 436 g/mol. The van der Waals surface area contributed by atoms with Crippen LogP contribution >= 0.6 is 0 Å². The molecule has 0 unspecified atom stereocenters. The highest BCUT2D eigenvalue weighted by atomic mass is 16.6. The molecule has 0 fully saturated rings. The second-order valence-corrected chi connectivity index (χ2v) is 8.57. The van der Waals surface area contributed by atoms with Gasteiger partial charge in [-0.2, -0.15) is 0 Å². The molecule has 5 rings (SSSR count). The SMILES string of the molecule is C[C@H](c1ncc(-c2ccccc2)[nH]1)N(CCc1c[nH]c2ccccc12)C(=O)OCc1ccccc1. The van der Waals surface area contributed by atoms with Crippen molar-refractivity contribution in [3.8, 4) is 11.3 Å². The van der Waals surface area contributed by atoms with Gasteiger partial charge in [-0.25, -0.2) is 9.78 Å². The van der Waals surface area contributed by atoms with Crippen molar-refractivity contribution in [3.05, 3.63) is 114 Å². The number of rotatable bonds is 8. The van der Waals surface area contributed by atoms with Crippen molar-refractivity contribution in [2.75, 3.05) is 6.54 Å². The highest BCUT2D eigenvalue weighted by Gasteiger charge is 2.25. The van der Waals surface area contributed by atoms with E-state index in [1.807, 2.05) is 92.1 Å². The standard InChI is InChI=1S/C29H28N4O2/c1-21(28-31-19-27(32-28)23-12-6-3-7-13-23)33(29(34)35-20-22-10-4-2-5-11-22)17-16-24-18-30-26-15-9-8-14-25(24)26/h2-15,18-19,21,30H,16-17,20H2,1H3,(H,31,32)/t21-/m1/s1. The summed E-state index contributed by atoms with van der Waals surface area (Å²) < 4.78 is 5.72. The summed E-state index contributed by atoms with van der Waals surface area (Å²) >= 11 is 0. The van der Waals surface area contributed by atoms with E-state index in [1.54, 1.807) is 4.90 Å². The topological polar surface area (TPSA) is 74.0 Å². The molecule has 0 saturated heterocycles. The molecule has 6 heteroatoms. The Morgan fingerprint density at radius 2 is 1.69 bits per heavy atom. The average Bonchev–Trinajstić information content (AvgIpc) is 3.57. The van der Waals surface area contributed by atoms with Gasteiger partial charge in [0.05, 0.1) is 17.9 Å². The number of carbonyl (C=O) groups is 1. The Morgan fingerprint density at radius 3 is 2.49 bits per heavy atom. The predicted molar refractivity (Wildman–Crippen MR) is 138 cm³/mol. The van der Waals surface area contributed by atoms with E-state index in [0.29, 0.717) is 13.0 Å². The van der Waals surface area contributed by atoms with Gasteiger partial charge in [0.2, 0.25) is 0 Å². The number of benzene rings is 3. The Hall–Kier alpha value is -4.32. The second-order valence-electron chi connectivity index (χ2n) is 8.57. The summed E-state index contributed by atoms with van der Waals surface area (Å²) in [5.74, 6) is 0.722. The van der Waals surface area contributed by atoms with Gasteiger partial charge in [-0.1, -0.05) is 78.9 Å². The number of para-hydroxylation sites is 1. The molecule has 0 aliphatic carbocycles. The number of imidazole rings is 1. The van der Waals surface area contributed by atoms with Gasteiger partial charge >= 0.3 is 6.09 Å². The van der Waals surface area contributed by atoms with Crippen LogP contribution in [0.5, 0.6) is 0 Å². The van der Waals surface area contributed by atoms with E-state index in [2.05, 4.69) is 27.1 Å². The average molecular weight is 465 g/mol. The highest BCUT2D eigenvalue weighted by molar-refractivity contribution is 5.83. The normalized spacial score (nSPS) is 11.9. The lowest BCUT2D eigenvalue weighted by molar-refractivity contribution is 0.0821. The van der Waals surface area contributed by atoms with Gasteiger partial charge in [0, 0.05) is 23.6 Å². The van der Waals surface area contributed by atoms with Gasteiger partial charge < -0.3 is 14.7 Å². The van der Waals surface area contributed by atoms with Gasteiger partial charge in [0.25, 0.3) is 0 Å². The number of ether oxygens (including phenoxy) is 1. The molecule has 5 aromatic rings. The maximum Gasteiger partial charge on any atom is 0.410 e. The zero-order valence-electron chi connectivity index (χ0n) is 19.6. The summed E-state index contributed by atoms with van der Waals surface area (Å²) in [6.07, 6.45) is 4.16. The van der Waals surface area contributed by atoms with Crippen LogP contribution < -0.4 is 0 Å². The lowest BCUT2D eigenvalue weighted by Crippen LogP contribution is -2.36. The van der Waals surface area contributed by atoms with Crippen molar-refractivity contribution >= 4 is 17.0 Å². The summed E-state index contributed by atoms with van der Waals surface area (Å²) in [6, 6.07) is 27.7. The van der Waals surface area contributed by atoms with Crippen molar-refractivity contribution in [2.45, 2.75) is 26.0 Å².